The van der Waals surface area contributed by atoms with Crippen LogP contribution in [0.15, 0.2) is 30.5 Å². The predicted octanol–water partition coefficient (Wildman–Crippen LogP) is 6.34. The van der Waals surface area contributed by atoms with Crippen molar-refractivity contribution in [3.8, 4) is 23.0 Å². The van der Waals surface area contributed by atoms with Crippen LogP contribution in [0.5, 0.6) is 11.8 Å². The molecule has 2 aromatic carbocycles. The van der Waals surface area contributed by atoms with Crippen molar-refractivity contribution in [3.05, 3.63) is 47.7 Å². The van der Waals surface area contributed by atoms with Gasteiger partial charge >= 0.3 is 18.1 Å². The molecule has 16 heteroatoms. The molecule has 0 spiro atoms. The molecule has 304 valence electrons. The van der Waals surface area contributed by atoms with Crippen LogP contribution in [0.25, 0.3) is 32.9 Å². The third-order valence-corrected chi connectivity index (χ3v) is 12.2. The highest BCUT2D eigenvalue weighted by Crippen LogP contribution is 2.43. The number of nitrogens with zero attached hydrogens (tertiary/aromatic N) is 5. The number of aryl methyl sites for hydroxylation is 1. The fourth-order valence-corrected chi connectivity index (χ4v) is 9.10. The molecule has 57 heavy (non-hydrogen) atoms. The fraction of sp³-hybridized carbons (Fsp3) is 0.537. The van der Waals surface area contributed by atoms with Crippen LogP contribution in [-0.4, -0.2) is 101 Å². The number of rotatable bonds is 7. The summed E-state index contributed by atoms with van der Waals surface area (Å²) in [6.45, 7) is 6.34. The van der Waals surface area contributed by atoms with E-state index in [4.69, 9.17) is 19.9 Å². The van der Waals surface area contributed by atoms with Crippen LogP contribution in [-0.2, 0) is 16.0 Å². The van der Waals surface area contributed by atoms with Gasteiger partial charge in [0, 0.05) is 37.7 Å². The first-order chi connectivity index (χ1) is 27.3. The molecule has 3 saturated heterocycles. The van der Waals surface area contributed by atoms with Crippen LogP contribution < -0.4 is 25.4 Å². The van der Waals surface area contributed by atoms with E-state index in [9.17, 15) is 14.0 Å². The molecule has 5 aliphatic heterocycles. The van der Waals surface area contributed by atoms with E-state index in [1.807, 2.05) is 13.8 Å². The zero-order chi connectivity index (χ0) is 40.2. The number of carbonyl (C=O) groups is 2. The number of ether oxygens (including phenoxy) is 3. The minimum atomic E-state index is -1.42. The Labute approximate surface area is 327 Å². The van der Waals surface area contributed by atoms with Crippen LogP contribution in [0.3, 0.4) is 0 Å². The van der Waals surface area contributed by atoms with Gasteiger partial charge in [-0.15, -0.1) is 0 Å². The van der Waals surface area contributed by atoms with Crippen molar-refractivity contribution in [2.75, 3.05) is 44.3 Å². The summed E-state index contributed by atoms with van der Waals surface area (Å²) in [5.74, 6) is -2.19. The molecular formula is C41H47F4N7O5. The molecule has 9 rings (SSSR count). The van der Waals surface area contributed by atoms with Crippen molar-refractivity contribution in [2.45, 2.75) is 95.2 Å². The van der Waals surface area contributed by atoms with E-state index in [1.54, 1.807) is 17.9 Å². The highest BCUT2D eigenvalue weighted by Gasteiger charge is 2.49. The van der Waals surface area contributed by atoms with Gasteiger partial charge in [-0.2, -0.15) is 9.97 Å². The monoisotopic (exact) mass is 793 g/mol. The Kier molecular flexibility index (Phi) is 10.4. The number of hydrogen-bond donors (Lipinski definition) is 2. The third-order valence-electron chi connectivity index (χ3n) is 12.2. The van der Waals surface area contributed by atoms with Crippen LogP contribution in [0.2, 0.25) is 0 Å². The summed E-state index contributed by atoms with van der Waals surface area (Å²) in [5.41, 5.74) is 4.39. The molecular weight excluding hydrogens is 746 g/mol. The molecule has 7 heterocycles. The first-order valence-corrected chi connectivity index (χ1v) is 19.7. The fourth-order valence-electron chi connectivity index (χ4n) is 9.10. The van der Waals surface area contributed by atoms with Gasteiger partial charge in [0.1, 0.15) is 53.6 Å². The maximum atomic E-state index is 17.5. The molecule has 3 fully saturated rings. The van der Waals surface area contributed by atoms with E-state index in [2.05, 4.69) is 25.2 Å². The second kappa shape index (κ2) is 15.2. The highest BCUT2D eigenvalue weighted by atomic mass is 19.1. The number of alkyl halides is 2. The number of nitrogens with two attached hydrogens (primary N) is 1. The lowest BCUT2D eigenvalue weighted by atomic mass is 9.90. The smallest absolute Gasteiger partial charge is 0.407 e. The van der Waals surface area contributed by atoms with Gasteiger partial charge in [-0.1, -0.05) is 26.3 Å². The molecule has 6 atom stereocenters. The van der Waals surface area contributed by atoms with E-state index in [-0.39, 0.29) is 103 Å². The zero-order valence-electron chi connectivity index (χ0n) is 32.3. The summed E-state index contributed by atoms with van der Waals surface area (Å²) >= 11 is 0. The summed E-state index contributed by atoms with van der Waals surface area (Å²) in [6.07, 6.45) is 0.910. The summed E-state index contributed by atoms with van der Waals surface area (Å²) in [7, 11) is 0. The lowest BCUT2D eigenvalue weighted by molar-refractivity contribution is -0.137. The average molecular weight is 794 g/mol. The topological polar surface area (TPSA) is 145 Å². The summed E-state index contributed by atoms with van der Waals surface area (Å²) in [4.78, 5) is 43.8. The number of benzene rings is 2. The van der Waals surface area contributed by atoms with Gasteiger partial charge in [-0.25, -0.2) is 27.2 Å². The zero-order valence-corrected chi connectivity index (χ0v) is 32.3. The Bertz CT molecular complexity index is 2230. The molecule has 12 nitrogen and oxygen atoms in total. The maximum Gasteiger partial charge on any atom is 0.407 e. The molecule has 6 bridgehead atoms. The van der Waals surface area contributed by atoms with Gasteiger partial charge in [0.2, 0.25) is 0 Å². The highest BCUT2D eigenvalue weighted by molar-refractivity contribution is 6.02. The number of anilines is 1. The van der Waals surface area contributed by atoms with Crippen molar-refractivity contribution in [1.29, 1.82) is 0 Å². The molecule has 0 radical (unpaired) electrons. The minimum Gasteiger partial charge on any atom is -0.461 e. The number of hydrogen-bond acceptors (Lipinski definition) is 11. The number of amides is 1. The van der Waals surface area contributed by atoms with Gasteiger partial charge < -0.3 is 30.2 Å². The number of fused-ring (bicyclic) bond motifs is 7. The number of pyridine rings is 1. The first-order valence-electron chi connectivity index (χ1n) is 19.7. The minimum absolute atomic E-state index is 0.0256. The third kappa shape index (κ3) is 7.41. The second-order valence-corrected chi connectivity index (χ2v) is 16.4. The molecule has 3 N–H and O–H groups in total. The number of nitrogens with one attached hydrogen (secondary N) is 1. The molecule has 0 aliphatic carbocycles. The second-order valence-electron chi connectivity index (χ2n) is 16.4. The van der Waals surface area contributed by atoms with Crippen LogP contribution >= 0.6 is 0 Å². The average Bonchev–Trinajstić information content (AvgIpc) is 3.70. The number of aromatic nitrogens is 3. The number of carbonyl (C=O) groups excluding carboxylic acids is 2. The quantitative estimate of drug-likeness (QED) is 0.123. The van der Waals surface area contributed by atoms with E-state index < -0.39 is 53.2 Å². The van der Waals surface area contributed by atoms with Gasteiger partial charge in [-0.3, -0.25) is 9.88 Å². The molecule has 1 amide bonds. The number of esters is 1. The maximum absolute atomic E-state index is 17.5. The molecule has 2 aromatic heterocycles. The van der Waals surface area contributed by atoms with E-state index in [0.29, 0.717) is 30.2 Å². The van der Waals surface area contributed by atoms with Gasteiger partial charge in [0.05, 0.1) is 29.6 Å². The van der Waals surface area contributed by atoms with Gasteiger partial charge in [-0.05, 0) is 79.6 Å². The number of alkyl carbamates (subject to hydrolysis) is 1. The van der Waals surface area contributed by atoms with Crippen LogP contribution in [0.4, 0.5) is 28.2 Å². The predicted molar refractivity (Wildman–Crippen MR) is 205 cm³/mol. The summed E-state index contributed by atoms with van der Waals surface area (Å²) in [6, 6.07) is 4.61. The molecule has 5 aliphatic rings. The Balaban J connectivity index is 1.32. The lowest BCUT2D eigenvalue weighted by Gasteiger charge is -2.42. The normalized spacial score (nSPS) is 26.2. The van der Waals surface area contributed by atoms with E-state index >= 15 is 13.2 Å². The summed E-state index contributed by atoms with van der Waals surface area (Å²) in [5, 5.41) is 3.68. The van der Waals surface area contributed by atoms with Crippen molar-refractivity contribution < 1.29 is 41.4 Å². The SMILES string of the molecule is CC[C@@H](C)[C@H](N)C(=O)Oc1cc2c3c(c(F)ccc3c1)CCCOC(=O)N[C@]1(C)C[C@@H](F)CN(C1)c1nc(OC[C@@]34CCCN3C[C@H](F)C4)nc3c(F)c-2ncc13. The number of piperidine rings is 1. The lowest BCUT2D eigenvalue weighted by Crippen LogP contribution is -2.60. The molecule has 0 saturated carbocycles. The Morgan fingerprint density at radius 3 is 2.75 bits per heavy atom. The largest absolute Gasteiger partial charge is 0.461 e. The Hall–Kier alpha value is -4.83. The van der Waals surface area contributed by atoms with Crippen molar-refractivity contribution in [3.63, 3.8) is 0 Å². The number of halogens is 4. The summed E-state index contributed by atoms with van der Waals surface area (Å²) < 4.78 is 81.2. The van der Waals surface area contributed by atoms with E-state index in [0.717, 1.165) is 13.0 Å². The first kappa shape index (κ1) is 39.0. The standard InChI is InChI=1S/C41H47F4N7O5/c1-4-22(2)33(46)37(53)57-26-13-23-8-9-30(44)27-7-5-12-55-39(54)50-40(3)15-24(42)18-51(20-40)36-29-17-47-34(28(14-26)31(23)27)32(45)35(29)48-38(49-36)56-21-41-10-6-11-52(41)19-25(43)16-41/h8-9,13-14,17,22,24-25,33H,4-7,10-12,15-16,18-21,46H2,1-3H3,(H,50,54)/t22-,24-,25-,33+,40-,41+/m1/s1. The van der Waals surface area contributed by atoms with E-state index in [1.165, 1.54) is 24.4 Å². The van der Waals surface area contributed by atoms with Crippen LogP contribution in [0.1, 0.15) is 64.9 Å². The van der Waals surface area contributed by atoms with Crippen molar-refractivity contribution in [2.24, 2.45) is 11.7 Å². The Morgan fingerprint density at radius 1 is 1.14 bits per heavy atom. The van der Waals surface area contributed by atoms with Crippen LogP contribution in [0, 0.1) is 17.6 Å². The van der Waals surface area contributed by atoms with Crippen molar-refractivity contribution >= 4 is 39.6 Å². The van der Waals surface area contributed by atoms with Gasteiger partial charge in [0.25, 0.3) is 0 Å². The van der Waals surface area contributed by atoms with Gasteiger partial charge in [0.15, 0.2) is 5.82 Å². The molecule has 4 aromatic rings. The Morgan fingerprint density at radius 2 is 1.95 bits per heavy atom. The van der Waals surface area contributed by atoms with Crippen molar-refractivity contribution in [1.82, 2.24) is 25.2 Å². The molecule has 0 unspecified atom stereocenters.